The average molecular weight is 305 g/mol. The van der Waals surface area contributed by atoms with E-state index >= 15 is 0 Å². The van der Waals surface area contributed by atoms with E-state index in [2.05, 4.69) is 43.4 Å². The topological polar surface area (TPSA) is 61.9 Å². The molecule has 2 rings (SSSR count). The molecule has 0 unspecified atom stereocenters. The number of anilines is 2. The molecule has 0 saturated heterocycles. The molecular weight excluding hydrogens is 286 g/mol. The van der Waals surface area contributed by atoms with Gasteiger partial charge in [0, 0.05) is 5.69 Å². The average Bonchev–Trinajstić information content (AvgIpc) is 2.82. The summed E-state index contributed by atoms with van der Waals surface area (Å²) in [5.41, 5.74) is 8.96. The number of nitrogens with two attached hydrogens (primary N) is 1. The summed E-state index contributed by atoms with van der Waals surface area (Å²) < 4.78 is 1.14. The molecule has 106 valence electrons. The zero-order valence-corrected chi connectivity index (χ0v) is 13.5. The Morgan fingerprint density at radius 2 is 2.10 bits per heavy atom. The maximum atomic E-state index is 7.54. The van der Waals surface area contributed by atoms with Gasteiger partial charge in [-0.15, -0.1) is 23.1 Å². The fourth-order valence-corrected chi connectivity index (χ4v) is 3.52. The maximum absolute atomic E-state index is 7.54. The normalized spacial score (nSPS) is 10.8. The van der Waals surface area contributed by atoms with E-state index in [1.165, 1.54) is 5.56 Å². The highest BCUT2D eigenvalue weighted by atomic mass is 32.2. The minimum atomic E-state index is 0.120. The van der Waals surface area contributed by atoms with Gasteiger partial charge in [0.2, 0.25) is 0 Å². The van der Waals surface area contributed by atoms with Crippen LogP contribution in [0.25, 0.3) is 0 Å². The first kappa shape index (κ1) is 14.9. The smallest absolute Gasteiger partial charge is 0.133 e. The van der Waals surface area contributed by atoms with Crippen LogP contribution < -0.4 is 11.1 Å². The van der Waals surface area contributed by atoms with Crippen molar-refractivity contribution in [3.63, 3.8) is 0 Å². The van der Waals surface area contributed by atoms with Gasteiger partial charge in [-0.05, 0) is 35.9 Å². The van der Waals surface area contributed by atoms with Gasteiger partial charge in [-0.2, -0.15) is 0 Å². The summed E-state index contributed by atoms with van der Waals surface area (Å²) in [6.45, 7) is 4.37. The molecule has 4 N–H and O–H groups in total. The van der Waals surface area contributed by atoms with Crippen molar-refractivity contribution in [1.29, 1.82) is 5.41 Å². The van der Waals surface area contributed by atoms with E-state index in [1.54, 1.807) is 23.1 Å². The Labute approximate surface area is 128 Å². The molecule has 0 atom stereocenters. The minimum absolute atomic E-state index is 0.120. The summed E-state index contributed by atoms with van der Waals surface area (Å²) in [5.74, 6) is 0.626. The zero-order chi connectivity index (χ0) is 14.7. The Bertz CT molecular complexity index is 617. The van der Waals surface area contributed by atoms with Gasteiger partial charge < -0.3 is 11.1 Å². The third-order valence-corrected chi connectivity index (χ3v) is 5.28. The number of benzene rings is 1. The van der Waals surface area contributed by atoms with Gasteiger partial charge in [0.15, 0.2) is 0 Å². The maximum Gasteiger partial charge on any atom is 0.133 e. The molecule has 1 heterocycles. The summed E-state index contributed by atoms with van der Waals surface area (Å²) in [6, 6.07) is 10.4. The summed E-state index contributed by atoms with van der Waals surface area (Å²) >= 11 is 3.22. The van der Waals surface area contributed by atoms with Crippen LogP contribution in [-0.4, -0.2) is 12.1 Å². The zero-order valence-electron chi connectivity index (χ0n) is 11.9. The van der Waals surface area contributed by atoms with Crippen molar-refractivity contribution in [3.05, 3.63) is 40.8 Å². The minimum Gasteiger partial charge on any atom is -0.383 e. The van der Waals surface area contributed by atoms with Crippen LogP contribution in [0.5, 0.6) is 0 Å². The van der Waals surface area contributed by atoms with Crippen LogP contribution in [0.1, 0.15) is 30.2 Å². The summed E-state index contributed by atoms with van der Waals surface area (Å²) in [7, 11) is 0. The number of amidine groups is 1. The fourth-order valence-electron chi connectivity index (χ4n) is 1.88. The largest absolute Gasteiger partial charge is 0.383 e. The molecule has 0 amide bonds. The van der Waals surface area contributed by atoms with Gasteiger partial charge in [0.1, 0.15) is 5.84 Å². The Kier molecular flexibility index (Phi) is 4.73. The van der Waals surface area contributed by atoms with Crippen LogP contribution in [-0.2, 0) is 0 Å². The molecule has 3 nitrogen and oxygen atoms in total. The first-order valence-corrected chi connectivity index (χ1v) is 8.44. The second-order valence-electron chi connectivity index (χ2n) is 4.83. The molecule has 0 aliphatic rings. The van der Waals surface area contributed by atoms with Gasteiger partial charge in [-0.3, -0.25) is 5.41 Å². The Hall–Kier alpha value is -1.46. The van der Waals surface area contributed by atoms with E-state index in [4.69, 9.17) is 11.1 Å². The molecule has 0 fully saturated rings. The number of rotatable bonds is 5. The van der Waals surface area contributed by atoms with Gasteiger partial charge in [0.05, 0.1) is 14.8 Å². The third kappa shape index (κ3) is 3.35. The quantitative estimate of drug-likeness (QED) is 0.429. The summed E-state index contributed by atoms with van der Waals surface area (Å²) in [4.78, 5) is 0.803. The predicted molar refractivity (Wildman–Crippen MR) is 90.9 cm³/mol. The second kappa shape index (κ2) is 6.33. The van der Waals surface area contributed by atoms with Crippen molar-refractivity contribution in [2.24, 2.45) is 5.73 Å². The molecule has 0 aliphatic carbocycles. The Balaban J connectivity index is 2.29. The van der Waals surface area contributed by atoms with Crippen molar-refractivity contribution in [3.8, 4) is 0 Å². The van der Waals surface area contributed by atoms with Crippen LogP contribution in [0.2, 0.25) is 0 Å². The lowest BCUT2D eigenvalue weighted by Crippen LogP contribution is -2.08. The van der Waals surface area contributed by atoms with E-state index in [0.29, 0.717) is 5.92 Å². The molecule has 1 aromatic carbocycles. The van der Waals surface area contributed by atoms with Crippen molar-refractivity contribution in [1.82, 2.24) is 0 Å². The first-order valence-electron chi connectivity index (χ1n) is 6.40. The van der Waals surface area contributed by atoms with E-state index < -0.39 is 0 Å². The second-order valence-corrected chi connectivity index (χ2v) is 6.96. The lowest BCUT2D eigenvalue weighted by molar-refractivity contribution is 0.867. The number of thioether (sulfide) groups is 1. The highest BCUT2D eigenvalue weighted by Gasteiger charge is 2.11. The molecule has 20 heavy (non-hydrogen) atoms. The molecule has 0 bridgehead atoms. The molecule has 0 saturated carbocycles. The highest BCUT2D eigenvalue weighted by molar-refractivity contribution is 8.00. The number of hydrogen-bond acceptors (Lipinski definition) is 4. The first-order chi connectivity index (χ1) is 9.51. The van der Waals surface area contributed by atoms with Crippen molar-refractivity contribution < 1.29 is 0 Å². The van der Waals surface area contributed by atoms with E-state index in [9.17, 15) is 0 Å². The number of nitrogens with one attached hydrogen (secondary N) is 2. The van der Waals surface area contributed by atoms with Gasteiger partial charge in [-0.25, -0.2) is 0 Å². The number of nitrogen functional groups attached to an aromatic ring is 1. The van der Waals surface area contributed by atoms with Crippen LogP contribution in [0.15, 0.2) is 34.5 Å². The van der Waals surface area contributed by atoms with Gasteiger partial charge in [-0.1, -0.05) is 26.0 Å². The van der Waals surface area contributed by atoms with E-state index in [1.807, 2.05) is 12.3 Å². The Morgan fingerprint density at radius 1 is 1.35 bits per heavy atom. The third-order valence-electron chi connectivity index (χ3n) is 2.98. The summed E-state index contributed by atoms with van der Waals surface area (Å²) in [5, 5.41) is 11.0. The standard InChI is InChI=1S/C15H19N3S2/c1-9(2)10-5-4-6-11(7-10)18-12-8-13(14(16)17)20-15(12)19-3/h4-9,18H,1-3H3,(H3,16,17). The molecule has 0 radical (unpaired) electrons. The van der Waals surface area contributed by atoms with Crippen molar-refractivity contribution in [2.75, 3.05) is 11.6 Å². The molecule has 0 aliphatic heterocycles. The van der Waals surface area contributed by atoms with Crippen molar-refractivity contribution >= 4 is 40.3 Å². The molecule has 0 spiro atoms. The van der Waals surface area contributed by atoms with Crippen LogP contribution >= 0.6 is 23.1 Å². The van der Waals surface area contributed by atoms with Crippen LogP contribution in [0.4, 0.5) is 11.4 Å². The monoisotopic (exact) mass is 305 g/mol. The predicted octanol–water partition coefficient (Wildman–Crippen LogP) is 4.62. The number of thiophene rings is 1. The van der Waals surface area contributed by atoms with E-state index in [-0.39, 0.29) is 5.84 Å². The lowest BCUT2D eigenvalue weighted by atomic mass is 10.0. The van der Waals surface area contributed by atoms with Gasteiger partial charge in [0.25, 0.3) is 0 Å². The molecule has 1 aromatic heterocycles. The fraction of sp³-hybridized carbons (Fsp3) is 0.267. The SMILES string of the molecule is CSc1sc(C(=N)N)cc1Nc1cccc(C(C)C)c1. The lowest BCUT2D eigenvalue weighted by Gasteiger charge is -2.10. The van der Waals surface area contributed by atoms with Crippen LogP contribution in [0.3, 0.4) is 0 Å². The summed E-state index contributed by atoms with van der Waals surface area (Å²) in [6.07, 6.45) is 2.03. The molecule has 5 heteroatoms. The van der Waals surface area contributed by atoms with E-state index in [0.717, 1.165) is 20.5 Å². The number of hydrogen-bond donors (Lipinski definition) is 3. The van der Waals surface area contributed by atoms with Gasteiger partial charge >= 0.3 is 0 Å². The Morgan fingerprint density at radius 3 is 2.70 bits per heavy atom. The highest BCUT2D eigenvalue weighted by Crippen LogP contribution is 2.36. The molecular formula is C15H19N3S2. The van der Waals surface area contributed by atoms with Crippen molar-refractivity contribution in [2.45, 2.75) is 24.0 Å². The molecule has 2 aromatic rings. The van der Waals surface area contributed by atoms with Crippen LogP contribution in [0, 0.1) is 5.41 Å².